The fraction of sp³-hybridized carbons (Fsp3) is 0.462. The first-order chi connectivity index (χ1) is 8.49. The van der Waals surface area contributed by atoms with Gasteiger partial charge in [-0.1, -0.05) is 12.2 Å². The second-order valence-electron chi connectivity index (χ2n) is 4.67. The van der Waals surface area contributed by atoms with Gasteiger partial charge in [0.2, 0.25) is 0 Å². The minimum atomic E-state index is -0.959. The van der Waals surface area contributed by atoms with Crippen molar-refractivity contribution in [1.82, 2.24) is 9.97 Å². The summed E-state index contributed by atoms with van der Waals surface area (Å²) in [5.41, 5.74) is 1.79. The smallest absolute Gasteiger partial charge is 0.340 e. The van der Waals surface area contributed by atoms with Crippen molar-refractivity contribution in [2.45, 2.75) is 37.6 Å². The molecule has 4 nitrogen and oxygen atoms in total. The van der Waals surface area contributed by atoms with Crippen molar-refractivity contribution >= 4 is 17.7 Å². The summed E-state index contributed by atoms with van der Waals surface area (Å²) in [6, 6.07) is 0. The zero-order valence-corrected chi connectivity index (χ0v) is 11.4. The Morgan fingerprint density at radius 1 is 1.50 bits per heavy atom. The predicted molar refractivity (Wildman–Crippen MR) is 71.2 cm³/mol. The maximum absolute atomic E-state index is 11.3. The number of rotatable bonds is 5. The van der Waals surface area contributed by atoms with Crippen LogP contribution in [0.3, 0.4) is 0 Å². The lowest BCUT2D eigenvalue weighted by Gasteiger charge is -2.09. The first kappa shape index (κ1) is 13.1. The van der Waals surface area contributed by atoms with Gasteiger partial charge in [-0.05, 0) is 26.7 Å². The third kappa shape index (κ3) is 2.90. The van der Waals surface area contributed by atoms with Crippen LogP contribution >= 0.6 is 11.8 Å². The van der Waals surface area contributed by atoms with E-state index in [2.05, 4.69) is 16.5 Å². The average Bonchev–Trinajstić information content (AvgIpc) is 3.08. The van der Waals surface area contributed by atoms with Crippen molar-refractivity contribution in [2.24, 2.45) is 0 Å². The summed E-state index contributed by atoms with van der Waals surface area (Å²) in [6.07, 6.45) is 2.22. The molecule has 0 radical (unpaired) electrons. The molecule has 96 valence electrons. The number of thioether (sulfide) groups is 1. The molecule has 1 heterocycles. The van der Waals surface area contributed by atoms with E-state index in [1.807, 2.05) is 6.92 Å². The largest absolute Gasteiger partial charge is 0.478 e. The van der Waals surface area contributed by atoms with Gasteiger partial charge in [-0.2, -0.15) is 0 Å². The summed E-state index contributed by atoms with van der Waals surface area (Å²) in [5.74, 6) is 0.942. The van der Waals surface area contributed by atoms with E-state index >= 15 is 0 Å². The lowest BCUT2D eigenvalue weighted by atomic mass is 10.2. The highest BCUT2D eigenvalue weighted by molar-refractivity contribution is 7.99. The highest BCUT2D eigenvalue weighted by Crippen LogP contribution is 2.39. The highest BCUT2D eigenvalue weighted by Gasteiger charge is 2.29. The van der Waals surface area contributed by atoms with Gasteiger partial charge in [0, 0.05) is 11.7 Å². The number of carboxylic acids is 1. The zero-order chi connectivity index (χ0) is 13.3. The standard InChI is InChI=1S/C13H16N2O2S/c1-7(2)6-18-12-10(13(16)17)8(3)14-11(15-12)9-4-5-9/h9H,1,4-6H2,2-3H3,(H,16,17). The van der Waals surface area contributed by atoms with Crippen LogP contribution in [0.5, 0.6) is 0 Å². The molecule has 0 spiro atoms. The van der Waals surface area contributed by atoms with E-state index in [-0.39, 0.29) is 5.56 Å². The molecule has 0 unspecified atom stereocenters. The van der Waals surface area contributed by atoms with Crippen LogP contribution in [0.25, 0.3) is 0 Å². The normalized spacial score (nSPS) is 14.6. The molecule has 0 saturated heterocycles. The predicted octanol–water partition coefficient (Wildman–Crippen LogP) is 3.03. The van der Waals surface area contributed by atoms with Crippen molar-refractivity contribution in [3.63, 3.8) is 0 Å². The Morgan fingerprint density at radius 3 is 2.67 bits per heavy atom. The van der Waals surface area contributed by atoms with Crippen LogP contribution in [-0.4, -0.2) is 26.8 Å². The summed E-state index contributed by atoms with van der Waals surface area (Å²) < 4.78 is 0. The number of aromatic carboxylic acids is 1. The van der Waals surface area contributed by atoms with Crippen LogP contribution in [0.1, 0.15) is 47.6 Å². The SMILES string of the molecule is C=C(C)CSc1nc(C2CC2)nc(C)c1C(=O)O. The minimum Gasteiger partial charge on any atom is -0.478 e. The molecule has 18 heavy (non-hydrogen) atoms. The molecular weight excluding hydrogens is 248 g/mol. The van der Waals surface area contributed by atoms with Crippen molar-refractivity contribution in [1.29, 1.82) is 0 Å². The Labute approximate surface area is 111 Å². The van der Waals surface area contributed by atoms with Crippen LogP contribution < -0.4 is 0 Å². The van der Waals surface area contributed by atoms with E-state index in [9.17, 15) is 9.90 Å². The van der Waals surface area contributed by atoms with Gasteiger partial charge in [0.05, 0.1) is 5.69 Å². The second kappa shape index (κ2) is 5.10. The van der Waals surface area contributed by atoms with Crippen molar-refractivity contribution in [3.05, 3.63) is 29.2 Å². The van der Waals surface area contributed by atoms with Crippen LogP contribution in [0.2, 0.25) is 0 Å². The monoisotopic (exact) mass is 264 g/mol. The minimum absolute atomic E-state index is 0.227. The summed E-state index contributed by atoms with van der Waals surface area (Å²) in [6.45, 7) is 7.48. The molecule has 1 aromatic heterocycles. The average molecular weight is 264 g/mol. The van der Waals surface area contributed by atoms with Gasteiger partial charge in [-0.15, -0.1) is 11.8 Å². The highest BCUT2D eigenvalue weighted by atomic mass is 32.2. The number of hydrogen-bond donors (Lipinski definition) is 1. The molecular formula is C13H16N2O2S. The molecule has 2 rings (SSSR count). The van der Waals surface area contributed by atoms with E-state index < -0.39 is 5.97 Å². The zero-order valence-electron chi connectivity index (χ0n) is 10.6. The molecule has 1 saturated carbocycles. The third-order valence-corrected chi connectivity index (χ3v) is 3.89. The van der Waals surface area contributed by atoms with E-state index in [0.717, 1.165) is 24.2 Å². The Balaban J connectivity index is 2.37. The van der Waals surface area contributed by atoms with Crippen LogP contribution in [0.4, 0.5) is 0 Å². The molecule has 0 bridgehead atoms. The van der Waals surface area contributed by atoms with Crippen molar-refractivity contribution in [3.8, 4) is 0 Å². The van der Waals surface area contributed by atoms with Gasteiger partial charge in [-0.3, -0.25) is 0 Å². The van der Waals surface area contributed by atoms with Gasteiger partial charge in [0.1, 0.15) is 16.4 Å². The van der Waals surface area contributed by atoms with Gasteiger partial charge >= 0.3 is 5.97 Å². The summed E-state index contributed by atoms with van der Waals surface area (Å²) in [5, 5.41) is 9.81. The Morgan fingerprint density at radius 2 is 2.17 bits per heavy atom. The lowest BCUT2D eigenvalue weighted by molar-refractivity contribution is 0.0690. The van der Waals surface area contributed by atoms with Crippen LogP contribution in [0, 0.1) is 6.92 Å². The van der Waals surface area contributed by atoms with Crippen LogP contribution in [0.15, 0.2) is 17.2 Å². The maximum atomic E-state index is 11.3. The Bertz CT molecular complexity index is 510. The molecule has 0 atom stereocenters. The number of aryl methyl sites for hydroxylation is 1. The molecule has 1 aliphatic rings. The number of carboxylic acid groups (broad SMARTS) is 1. The van der Waals surface area contributed by atoms with E-state index in [1.54, 1.807) is 6.92 Å². The fourth-order valence-corrected chi connectivity index (χ4v) is 2.55. The van der Waals surface area contributed by atoms with Crippen molar-refractivity contribution in [2.75, 3.05) is 5.75 Å². The van der Waals surface area contributed by atoms with E-state index in [4.69, 9.17) is 0 Å². The Kier molecular flexibility index (Phi) is 3.71. The van der Waals surface area contributed by atoms with Gasteiger partial charge < -0.3 is 5.11 Å². The van der Waals surface area contributed by atoms with E-state index in [0.29, 0.717) is 22.4 Å². The first-order valence-corrected chi connectivity index (χ1v) is 6.86. The molecule has 0 aromatic carbocycles. The molecule has 1 fully saturated rings. The topological polar surface area (TPSA) is 63.1 Å². The number of aromatic nitrogens is 2. The van der Waals surface area contributed by atoms with Gasteiger partial charge in [-0.25, -0.2) is 14.8 Å². The molecule has 1 aliphatic carbocycles. The third-order valence-electron chi connectivity index (χ3n) is 2.69. The van der Waals surface area contributed by atoms with Crippen LogP contribution in [-0.2, 0) is 0 Å². The second-order valence-corrected chi connectivity index (χ2v) is 5.64. The molecule has 1 N–H and O–H groups in total. The number of hydrogen-bond acceptors (Lipinski definition) is 4. The van der Waals surface area contributed by atoms with E-state index in [1.165, 1.54) is 11.8 Å². The first-order valence-electron chi connectivity index (χ1n) is 5.88. The molecule has 0 aliphatic heterocycles. The van der Waals surface area contributed by atoms with Crippen molar-refractivity contribution < 1.29 is 9.90 Å². The summed E-state index contributed by atoms with van der Waals surface area (Å²) in [4.78, 5) is 20.0. The van der Waals surface area contributed by atoms with Gasteiger partial charge in [0.25, 0.3) is 0 Å². The molecule has 5 heteroatoms. The quantitative estimate of drug-likeness (QED) is 0.503. The summed E-state index contributed by atoms with van der Waals surface area (Å²) in [7, 11) is 0. The summed E-state index contributed by atoms with van der Waals surface area (Å²) >= 11 is 1.43. The maximum Gasteiger partial charge on any atom is 0.340 e. The number of carbonyl (C=O) groups is 1. The number of nitrogens with zero attached hydrogens (tertiary/aromatic N) is 2. The molecule has 0 amide bonds. The van der Waals surface area contributed by atoms with Gasteiger partial charge in [0.15, 0.2) is 0 Å². The molecule has 1 aromatic rings. The fourth-order valence-electron chi connectivity index (χ4n) is 1.63. The lowest BCUT2D eigenvalue weighted by Crippen LogP contribution is -2.09. The Hall–Kier alpha value is -1.36.